The molecule has 1 aliphatic carbocycles. The fourth-order valence-electron chi connectivity index (χ4n) is 2.19. The molecule has 2 heterocycles. The van der Waals surface area contributed by atoms with Crippen molar-refractivity contribution >= 4 is 5.95 Å². The summed E-state index contributed by atoms with van der Waals surface area (Å²) in [5, 5.41) is 0. The maximum Gasteiger partial charge on any atom is 0.225 e. The van der Waals surface area contributed by atoms with E-state index < -0.39 is 5.82 Å². The molecule has 0 spiro atoms. The van der Waals surface area contributed by atoms with Gasteiger partial charge in [-0.15, -0.1) is 0 Å². The highest BCUT2D eigenvalue weighted by molar-refractivity contribution is 5.38. The summed E-state index contributed by atoms with van der Waals surface area (Å²) in [5.74, 6) is 0.854. The third-order valence-corrected chi connectivity index (χ3v) is 3.25. The van der Waals surface area contributed by atoms with Crippen molar-refractivity contribution in [2.75, 3.05) is 18.0 Å². The van der Waals surface area contributed by atoms with E-state index in [4.69, 9.17) is 5.73 Å². The third-order valence-electron chi connectivity index (χ3n) is 3.25. The number of anilines is 1. The Labute approximate surface area is 87.3 Å². The van der Waals surface area contributed by atoms with Crippen molar-refractivity contribution in [1.82, 2.24) is 9.97 Å². The van der Waals surface area contributed by atoms with Gasteiger partial charge < -0.3 is 10.6 Å². The molecule has 15 heavy (non-hydrogen) atoms. The van der Waals surface area contributed by atoms with E-state index in [1.807, 2.05) is 4.90 Å². The first-order chi connectivity index (χ1) is 7.17. The van der Waals surface area contributed by atoms with Crippen LogP contribution in [0.4, 0.5) is 10.3 Å². The predicted octanol–water partition coefficient (Wildman–Crippen LogP) is 0.543. The van der Waals surface area contributed by atoms with Gasteiger partial charge in [0.05, 0.1) is 17.9 Å². The molecule has 0 amide bonds. The van der Waals surface area contributed by atoms with Crippen LogP contribution in [0.2, 0.25) is 0 Å². The van der Waals surface area contributed by atoms with Gasteiger partial charge in [0.15, 0.2) is 5.82 Å². The molecule has 0 bridgehead atoms. The van der Waals surface area contributed by atoms with E-state index >= 15 is 0 Å². The summed E-state index contributed by atoms with van der Waals surface area (Å²) in [6, 6.07) is 0. The molecule has 5 heteroatoms. The van der Waals surface area contributed by atoms with E-state index in [0.717, 1.165) is 13.1 Å². The van der Waals surface area contributed by atoms with Crippen LogP contribution in [-0.4, -0.2) is 28.6 Å². The maximum absolute atomic E-state index is 12.6. The minimum absolute atomic E-state index is 0.0439. The van der Waals surface area contributed by atoms with Gasteiger partial charge in [0.1, 0.15) is 0 Å². The summed E-state index contributed by atoms with van der Waals surface area (Å²) in [4.78, 5) is 9.86. The average Bonchev–Trinajstić information content (AvgIpc) is 2.98. The molecule has 4 nitrogen and oxygen atoms in total. The molecule has 1 aliphatic heterocycles. The Morgan fingerprint density at radius 3 is 2.47 bits per heavy atom. The zero-order valence-electron chi connectivity index (χ0n) is 8.36. The first-order valence-corrected chi connectivity index (χ1v) is 5.19. The normalized spacial score (nSPS) is 23.7. The average molecular weight is 208 g/mol. The van der Waals surface area contributed by atoms with Crippen LogP contribution in [0.15, 0.2) is 12.4 Å². The van der Waals surface area contributed by atoms with Crippen LogP contribution in [0.5, 0.6) is 0 Å². The summed E-state index contributed by atoms with van der Waals surface area (Å²) in [5.41, 5.74) is 6.15. The van der Waals surface area contributed by atoms with Crippen molar-refractivity contribution < 1.29 is 4.39 Å². The highest BCUT2D eigenvalue weighted by Crippen LogP contribution is 2.43. The number of nitrogens with two attached hydrogens (primary N) is 1. The van der Waals surface area contributed by atoms with Crippen LogP contribution < -0.4 is 10.6 Å². The Hall–Kier alpha value is -1.23. The van der Waals surface area contributed by atoms with Crippen molar-refractivity contribution in [1.29, 1.82) is 0 Å². The molecule has 1 saturated carbocycles. The fourth-order valence-corrected chi connectivity index (χ4v) is 2.19. The summed E-state index contributed by atoms with van der Waals surface area (Å²) in [6.07, 6.45) is 4.87. The second kappa shape index (κ2) is 2.88. The van der Waals surface area contributed by atoms with Crippen LogP contribution in [0, 0.1) is 11.7 Å². The van der Waals surface area contributed by atoms with Crippen LogP contribution in [0.25, 0.3) is 0 Å². The van der Waals surface area contributed by atoms with Gasteiger partial charge in [-0.2, -0.15) is 0 Å². The predicted molar refractivity (Wildman–Crippen MR) is 53.8 cm³/mol. The number of aromatic nitrogens is 2. The molecule has 0 atom stereocenters. The van der Waals surface area contributed by atoms with Crippen molar-refractivity contribution in [3.8, 4) is 0 Å². The van der Waals surface area contributed by atoms with E-state index in [1.54, 1.807) is 0 Å². The van der Waals surface area contributed by atoms with Crippen molar-refractivity contribution in [2.24, 2.45) is 11.7 Å². The van der Waals surface area contributed by atoms with Crippen LogP contribution in [-0.2, 0) is 0 Å². The molecule has 2 N–H and O–H groups in total. The molecule has 1 aromatic rings. The van der Waals surface area contributed by atoms with Crippen molar-refractivity contribution in [2.45, 2.75) is 18.4 Å². The Kier molecular flexibility index (Phi) is 1.74. The molecule has 0 radical (unpaired) electrons. The van der Waals surface area contributed by atoms with E-state index in [0.29, 0.717) is 11.9 Å². The molecule has 2 fully saturated rings. The molecule has 1 aromatic heterocycles. The zero-order chi connectivity index (χ0) is 10.5. The van der Waals surface area contributed by atoms with Gasteiger partial charge in [-0.3, -0.25) is 0 Å². The number of halogens is 1. The summed E-state index contributed by atoms with van der Waals surface area (Å²) < 4.78 is 12.6. The molecule has 2 aliphatic rings. The summed E-state index contributed by atoms with van der Waals surface area (Å²) >= 11 is 0. The monoisotopic (exact) mass is 208 g/mol. The van der Waals surface area contributed by atoms with Crippen molar-refractivity contribution in [3.63, 3.8) is 0 Å². The lowest BCUT2D eigenvalue weighted by atomic mass is 9.86. The number of hydrogen-bond donors (Lipinski definition) is 1. The Balaban J connectivity index is 1.69. The molecule has 80 valence electrons. The minimum Gasteiger partial charge on any atom is -0.337 e. The topological polar surface area (TPSA) is 55.0 Å². The fraction of sp³-hybridized carbons (Fsp3) is 0.600. The van der Waals surface area contributed by atoms with Gasteiger partial charge in [0.25, 0.3) is 0 Å². The number of nitrogens with zero attached hydrogens (tertiary/aromatic N) is 3. The molecule has 0 aromatic carbocycles. The Bertz CT molecular complexity index is 368. The van der Waals surface area contributed by atoms with Crippen LogP contribution >= 0.6 is 0 Å². The third kappa shape index (κ3) is 1.47. The highest BCUT2D eigenvalue weighted by atomic mass is 19.1. The van der Waals surface area contributed by atoms with Crippen molar-refractivity contribution in [3.05, 3.63) is 18.2 Å². The van der Waals surface area contributed by atoms with Gasteiger partial charge in [-0.1, -0.05) is 0 Å². The minimum atomic E-state index is -0.402. The maximum atomic E-state index is 12.6. The van der Waals surface area contributed by atoms with Gasteiger partial charge >= 0.3 is 0 Å². The summed E-state index contributed by atoms with van der Waals surface area (Å²) in [7, 11) is 0. The van der Waals surface area contributed by atoms with Crippen LogP contribution in [0.1, 0.15) is 12.8 Å². The van der Waals surface area contributed by atoms with Crippen LogP contribution in [0.3, 0.4) is 0 Å². The highest BCUT2D eigenvalue weighted by Gasteiger charge is 2.50. The Morgan fingerprint density at radius 1 is 1.33 bits per heavy atom. The first kappa shape index (κ1) is 9.03. The first-order valence-electron chi connectivity index (χ1n) is 5.19. The lowest BCUT2D eigenvalue weighted by Crippen LogP contribution is -2.69. The summed E-state index contributed by atoms with van der Waals surface area (Å²) in [6.45, 7) is 1.59. The smallest absolute Gasteiger partial charge is 0.225 e. The standard InChI is InChI=1S/C10H13FN4/c11-8-3-13-9(14-4-8)15-5-10(12,6-15)7-1-2-7/h3-4,7H,1-2,5-6,12H2. The lowest BCUT2D eigenvalue weighted by molar-refractivity contribution is 0.287. The quantitative estimate of drug-likeness (QED) is 0.770. The molecule has 3 rings (SSSR count). The van der Waals surface area contributed by atoms with E-state index in [2.05, 4.69) is 9.97 Å². The molecule has 1 saturated heterocycles. The number of hydrogen-bond acceptors (Lipinski definition) is 4. The Morgan fingerprint density at radius 2 is 1.93 bits per heavy atom. The largest absolute Gasteiger partial charge is 0.337 e. The SMILES string of the molecule is NC1(C2CC2)CN(c2ncc(F)cn2)C1. The zero-order valence-corrected chi connectivity index (χ0v) is 8.36. The lowest BCUT2D eigenvalue weighted by Gasteiger charge is -2.48. The van der Waals surface area contributed by atoms with Gasteiger partial charge in [-0.25, -0.2) is 14.4 Å². The molecule has 0 unspecified atom stereocenters. The van der Waals surface area contributed by atoms with E-state index in [-0.39, 0.29) is 5.54 Å². The van der Waals surface area contributed by atoms with E-state index in [9.17, 15) is 4.39 Å². The molecular formula is C10H13FN4. The second-order valence-electron chi connectivity index (χ2n) is 4.56. The second-order valence-corrected chi connectivity index (χ2v) is 4.56. The van der Waals surface area contributed by atoms with E-state index in [1.165, 1.54) is 25.2 Å². The number of rotatable bonds is 2. The van der Waals surface area contributed by atoms with Gasteiger partial charge in [0.2, 0.25) is 5.95 Å². The molecular weight excluding hydrogens is 195 g/mol. The van der Waals surface area contributed by atoms with Gasteiger partial charge in [-0.05, 0) is 18.8 Å². The van der Waals surface area contributed by atoms with Gasteiger partial charge in [0, 0.05) is 13.1 Å².